The molecule has 0 aliphatic carbocycles. The molecule has 1 aromatic carbocycles. The van der Waals surface area contributed by atoms with Crippen molar-refractivity contribution in [2.75, 3.05) is 6.61 Å². The van der Waals surface area contributed by atoms with Gasteiger partial charge < -0.3 is 4.74 Å². The van der Waals surface area contributed by atoms with Gasteiger partial charge in [0, 0.05) is 23.4 Å². The van der Waals surface area contributed by atoms with E-state index < -0.39 is 0 Å². The van der Waals surface area contributed by atoms with Crippen LogP contribution in [-0.2, 0) is 16.0 Å². The monoisotopic (exact) mass is 357 g/mol. The Bertz CT molecular complexity index is 831. The summed E-state index contributed by atoms with van der Waals surface area (Å²) < 4.78 is 7.10. The van der Waals surface area contributed by atoms with Crippen LogP contribution in [0, 0.1) is 0 Å². The molecule has 4 rings (SSSR count). The van der Waals surface area contributed by atoms with Gasteiger partial charge in [0.2, 0.25) is 0 Å². The quantitative estimate of drug-likeness (QED) is 0.656. The third-order valence-electron chi connectivity index (χ3n) is 3.76. The molecule has 0 amide bonds. The standard InChI is InChI=1S/C17H15N3O2S2/c21-16-14(8-9-22-16)24-17-19-18-15(11-13-7-4-10-23-13)20(17)12-5-2-1-3-6-12/h1-7,10,14H,8-9,11H2. The Morgan fingerprint density at radius 1 is 1.21 bits per heavy atom. The molecular weight excluding hydrogens is 342 g/mol. The minimum absolute atomic E-state index is 0.164. The number of thiophene rings is 1. The van der Waals surface area contributed by atoms with Gasteiger partial charge in [0.15, 0.2) is 5.16 Å². The highest BCUT2D eigenvalue weighted by Crippen LogP contribution is 2.31. The first-order chi connectivity index (χ1) is 11.8. The molecule has 122 valence electrons. The molecule has 3 heterocycles. The molecule has 1 fully saturated rings. The molecule has 7 heteroatoms. The van der Waals surface area contributed by atoms with Crippen molar-refractivity contribution < 1.29 is 9.53 Å². The van der Waals surface area contributed by atoms with E-state index in [9.17, 15) is 4.79 Å². The topological polar surface area (TPSA) is 57.0 Å². The van der Waals surface area contributed by atoms with Crippen LogP contribution in [-0.4, -0.2) is 32.6 Å². The molecule has 1 saturated heterocycles. The van der Waals surface area contributed by atoms with E-state index in [1.54, 1.807) is 11.3 Å². The first-order valence-corrected chi connectivity index (χ1v) is 9.42. The molecular formula is C17H15N3O2S2. The number of benzene rings is 1. The molecule has 1 aliphatic rings. The summed E-state index contributed by atoms with van der Waals surface area (Å²) in [6.07, 6.45) is 1.43. The summed E-state index contributed by atoms with van der Waals surface area (Å²) in [5.74, 6) is 0.708. The Hall–Kier alpha value is -2.12. The summed E-state index contributed by atoms with van der Waals surface area (Å²) >= 11 is 3.13. The van der Waals surface area contributed by atoms with E-state index in [0.29, 0.717) is 13.0 Å². The Kier molecular flexibility index (Phi) is 4.36. The number of ether oxygens (including phenoxy) is 1. The van der Waals surface area contributed by atoms with Crippen LogP contribution >= 0.6 is 23.1 Å². The molecule has 24 heavy (non-hydrogen) atoms. The fourth-order valence-electron chi connectivity index (χ4n) is 2.61. The molecule has 0 saturated carbocycles. The molecule has 1 unspecified atom stereocenters. The van der Waals surface area contributed by atoms with Crippen LogP contribution in [0.5, 0.6) is 0 Å². The fourth-order valence-corrected chi connectivity index (χ4v) is 4.35. The highest BCUT2D eigenvalue weighted by Gasteiger charge is 2.30. The minimum atomic E-state index is -0.203. The zero-order valence-electron chi connectivity index (χ0n) is 12.8. The number of aromatic nitrogens is 3. The lowest BCUT2D eigenvalue weighted by atomic mass is 10.3. The van der Waals surface area contributed by atoms with E-state index in [0.717, 1.165) is 23.1 Å². The van der Waals surface area contributed by atoms with Crippen molar-refractivity contribution in [2.24, 2.45) is 0 Å². The lowest BCUT2D eigenvalue weighted by Gasteiger charge is -2.11. The molecule has 2 aromatic heterocycles. The number of hydrogen-bond acceptors (Lipinski definition) is 6. The number of para-hydroxylation sites is 1. The molecule has 0 radical (unpaired) electrons. The maximum atomic E-state index is 11.8. The van der Waals surface area contributed by atoms with E-state index >= 15 is 0 Å². The maximum Gasteiger partial charge on any atom is 0.319 e. The number of carbonyl (C=O) groups excluding carboxylic acids is 1. The molecule has 5 nitrogen and oxygen atoms in total. The zero-order chi connectivity index (χ0) is 16.4. The largest absolute Gasteiger partial charge is 0.465 e. The van der Waals surface area contributed by atoms with Gasteiger partial charge in [-0.2, -0.15) is 0 Å². The van der Waals surface area contributed by atoms with Crippen LogP contribution in [0.4, 0.5) is 0 Å². The van der Waals surface area contributed by atoms with Gasteiger partial charge in [0.05, 0.1) is 6.61 Å². The second-order valence-electron chi connectivity index (χ2n) is 5.39. The summed E-state index contributed by atoms with van der Waals surface area (Å²) in [5.41, 5.74) is 1.00. The third-order valence-corrected chi connectivity index (χ3v) is 5.83. The fraction of sp³-hybridized carbons (Fsp3) is 0.235. The zero-order valence-corrected chi connectivity index (χ0v) is 14.4. The normalized spacial score (nSPS) is 17.2. The van der Waals surface area contributed by atoms with E-state index in [4.69, 9.17) is 4.74 Å². The van der Waals surface area contributed by atoms with Gasteiger partial charge in [0.1, 0.15) is 11.1 Å². The molecule has 0 N–H and O–H groups in total. The number of thioether (sulfide) groups is 1. The lowest BCUT2D eigenvalue weighted by molar-refractivity contribution is -0.137. The lowest BCUT2D eigenvalue weighted by Crippen LogP contribution is -2.11. The Morgan fingerprint density at radius 2 is 2.08 bits per heavy atom. The summed E-state index contributed by atoms with van der Waals surface area (Å²) in [5, 5.41) is 11.3. The second kappa shape index (κ2) is 6.78. The Morgan fingerprint density at radius 3 is 2.79 bits per heavy atom. The van der Waals surface area contributed by atoms with Crippen LogP contribution in [0.1, 0.15) is 17.1 Å². The van der Waals surface area contributed by atoms with Crippen LogP contribution in [0.15, 0.2) is 53.0 Å². The van der Waals surface area contributed by atoms with Crippen molar-refractivity contribution in [1.82, 2.24) is 14.8 Å². The molecule has 1 aliphatic heterocycles. The molecule has 1 atom stereocenters. The van der Waals surface area contributed by atoms with Crippen LogP contribution in [0.2, 0.25) is 0 Å². The van der Waals surface area contributed by atoms with Crippen molar-refractivity contribution in [1.29, 1.82) is 0 Å². The van der Waals surface area contributed by atoms with Crippen LogP contribution in [0.25, 0.3) is 5.69 Å². The van der Waals surface area contributed by atoms with Crippen molar-refractivity contribution in [3.8, 4) is 5.69 Å². The van der Waals surface area contributed by atoms with Crippen molar-refractivity contribution in [2.45, 2.75) is 23.2 Å². The molecule has 3 aromatic rings. The highest BCUT2D eigenvalue weighted by atomic mass is 32.2. The smallest absolute Gasteiger partial charge is 0.319 e. The van der Waals surface area contributed by atoms with Gasteiger partial charge in [-0.1, -0.05) is 36.0 Å². The number of esters is 1. The van der Waals surface area contributed by atoms with E-state index in [1.165, 1.54) is 16.6 Å². The van der Waals surface area contributed by atoms with E-state index in [1.807, 2.05) is 41.0 Å². The molecule has 0 bridgehead atoms. The third kappa shape index (κ3) is 3.09. The van der Waals surface area contributed by atoms with E-state index in [2.05, 4.69) is 21.6 Å². The summed E-state index contributed by atoms with van der Waals surface area (Å²) in [4.78, 5) is 13.0. The van der Waals surface area contributed by atoms with Gasteiger partial charge >= 0.3 is 5.97 Å². The van der Waals surface area contributed by atoms with Gasteiger partial charge in [-0.3, -0.25) is 9.36 Å². The minimum Gasteiger partial charge on any atom is -0.465 e. The summed E-state index contributed by atoms with van der Waals surface area (Å²) in [7, 11) is 0. The van der Waals surface area contributed by atoms with Crippen LogP contribution in [0.3, 0.4) is 0 Å². The number of rotatable bonds is 5. The van der Waals surface area contributed by atoms with Crippen molar-refractivity contribution in [3.05, 3.63) is 58.5 Å². The summed E-state index contributed by atoms with van der Waals surface area (Å²) in [6, 6.07) is 14.1. The SMILES string of the molecule is O=C1OCCC1Sc1nnc(Cc2cccs2)n1-c1ccccc1. The number of cyclic esters (lactones) is 1. The average Bonchev–Trinajstić information content (AvgIpc) is 3.33. The van der Waals surface area contributed by atoms with Gasteiger partial charge in [0.25, 0.3) is 0 Å². The van der Waals surface area contributed by atoms with Gasteiger partial charge in [-0.15, -0.1) is 21.5 Å². The number of nitrogens with zero attached hydrogens (tertiary/aromatic N) is 3. The summed E-state index contributed by atoms with van der Waals surface area (Å²) in [6.45, 7) is 0.484. The van der Waals surface area contributed by atoms with Crippen LogP contribution < -0.4 is 0 Å². The number of carbonyl (C=O) groups is 1. The highest BCUT2D eigenvalue weighted by molar-refractivity contribution is 8.00. The number of hydrogen-bond donors (Lipinski definition) is 0. The second-order valence-corrected chi connectivity index (χ2v) is 7.59. The average molecular weight is 357 g/mol. The van der Waals surface area contributed by atoms with Gasteiger partial charge in [-0.25, -0.2) is 0 Å². The predicted molar refractivity (Wildman–Crippen MR) is 93.7 cm³/mol. The Balaban J connectivity index is 1.70. The van der Waals surface area contributed by atoms with E-state index in [-0.39, 0.29) is 11.2 Å². The van der Waals surface area contributed by atoms with Gasteiger partial charge in [-0.05, 0) is 23.6 Å². The maximum absolute atomic E-state index is 11.8. The van der Waals surface area contributed by atoms with Crippen molar-refractivity contribution >= 4 is 29.1 Å². The van der Waals surface area contributed by atoms with Crippen molar-refractivity contribution in [3.63, 3.8) is 0 Å². The predicted octanol–water partition coefficient (Wildman–Crippen LogP) is 3.33. The first-order valence-electron chi connectivity index (χ1n) is 7.66. The first kappa shape index (κ1) is 15.4. The Labute approximate surface area is 147 Å². The molecule has 0 spiro atoms.